The van der Waals surface area contributed by atoms with Crippen LogP contribution in [-0.4, -0.2) is 62.1 Å². The first-order chi connectivity index (χ1) is 19.9. The van der Waals surface area contributed by atoms with Gasteiger partial charge in [0.1, 0.15) is 10.7 Å². The van der Waals surface area contributed by atoms with Gasteiger partial charge in [-0.15, -0.1) is 0 Å². The van der Waals surface area contributed by atoms with Gasteiger partial charge in [-0.3, -0.25) is 8.89 Å². The van der Waals surface area contributed by atoms with E-state index in [4.69, 9.17) is 14.7 Å². The summed E-state index contributed by atoms with van der Waals surface area (Å²) in [6.45, 7) is 11.8. The van der Waals surface area contributed by atoms with Crippen LogP contribution in [0.2, 0.25) is 0 Å². The number of fused-ring (bicyclic) bond motifs is 1. The summed E-state index contributed by atoms with van der Waals surface area (Å²) in [5.74, 6) is 2.64. The van der Waals surface area contributed by atoms with Gasteiger partial charge in [0.05, 0.1) is 28.2 Å². The van der Waals surface area contributed by atoms with Crippen molar-refractivity contribution in [1.82, 2.24) is 25.1 Å². The topological polar surface area (TPSA) is 97.2 Å². The summed E-state index contributed by atoms with van der Waals surface area (Å²) >= 11 is 0. The molecule has 0 bridgehead atoms. The van der Waals surface area contributed by atoms with Crippen LogP contribution in [0.1, 0.15) is 72.6 Å². The van der Waals surface area contributed by atoms with E-state index in [2.05, 4.69) is 64.6 Å². The smallest absolute Gasteiger partial charge is 0.227 e. The Kier molecular flexibility index (Phi) is 8.12. The van der Waals surface area contributed by atoms with Crippen molar-refractivity contribution in [2.45, 2.75) is 68.8 Å². The molecule has 2 unspecified atom stereocenters. The van der Waals surface area contributed by atoms with Gasteiger partial charge in [-0.05, 0) is 62.6 Å². The van der Waals surface area contributed by atoms with Crippen molar-refractivity contribution in [3.8, 4) is 0 Å². The highest BCUT2D eigenvalue weighted by Crippen LogP contribution is 2.34. The average Bonchev–Trinajstić information content (AvgIpc) is 3.54. The molecule has 41 heavy (non-hydrogen) atoms. The van der Waals surface area contributed by atoms with Crippen LogP contribution in [0.5, 0.6) is 0 Å². The molecule has 2 fully saturated rings. The molecule has 2 N–H and O–H groups in total. The zero-order chi connectivity index (χ0) is 28.5. The molecule has 3 aromatic rings. The van der Waals surface area contributed by atoms with E-state index in [1.807, 2.05) is 18.7 Å². The normalized spacial score (nSPS) is 20.6. The van der Waals surface area contributed by atoms with Crippen molar-refractivity contribution in [1.29, 1.82) is 0 Å². The van der Waals surface area contributed by atoms with Crippen molar-refractivity contribution in [3.05, 3.63) is 65.1 Å². The first kappa shape index (κ1) is 27.9. The molecular weight excluding hydrogens is 534 g/mol. The van der Waals surface area contributed by atoms with E-state index >= 15 is 0 Å². The van der Waals surface area contributed by atoms with Gasteiger partial charge >= 0.3 is 0 Å². The van der Waals surface area contributed by atoms with Crippen molar-refractivity contribution >= 4 is 28.3 Å². The maximum absolute atomic E-state index is 12.8. The zero-order valence-electron chi connectivity index (χ0n) is 24.4. The molecule has 1 aromatic carbocycles. The molecule has 2 aromatic heterocycles. The minimum Gasteiger partial charge on any atom is -0.381 e. The Morgan fingerprint density at radius 2 is 1.95 bits per heavy atom. The van der Waals surface area contributed by atoms with Crippen LogP contribution in [0.15, 0.2) is 41.9 Å². The van der Waals surface area contributed by atoms with Crippen LogP contribution in [0, 0.1) is 6.92 Å². The number of aryl methyl sites for hydroxylation is 3. The summed E-state index contributed by atoms with van der Waals surface area (Å²) in [5.41, 5.74) is 6.56. The molecule has 5 heterocycles. The van der Waals surface area contributed by atoms with E-state index in [9.17, 15) is 4.21 Å². The highest BCUT2D eigenvalue weighted by atomic mass is 32.2. The van der Waals surface area contributed by atoms with E-state index in [1.165, 1.54) is 11.1 Å². The first-order valence-corrected chi connectivity index (χ1v) is 16.1. The molecule has 6 rings (SSSR count). The lowest BCUT2D eigenvalue weighted by Gasteiger charge is -2.33. The fourth-order valence-corrected chi connectivity index (χ4v) is 7.63. The van der Waals surface area contributed by atoms with Gasteiger partial charge in [0.15, 0.2) is 0 Å². The minimum absolute atomic E-state index is 0.124. The van der Waals surface area contributed by atoms with Crippen LogP contribution in [0.3, 0.4) is 0 Å². The number of hydrogen-bond acceptors (Lipinski definition) is 8. The molecule has 3 aliphatic rings. The second-order valence-electron chi connectivity index (χ2n) is 11.6. The number of aromatic nitrogens is 4. The maximum Gasteiger partial charge on any atom is 0.227 e. The van der Waals surface area contributed by atoms with Crippen LogP contribution in [0.4, 0.5) is 11.8 Å². The molecule has 0 spiro atoms. The molecule has 2 saturated heterocycles. The Morgan fingerprint density at radius 1 is 1.17 bits per heavy atom. The number of nitrogens with zero attached hydrogens (tertiary/aromatic N) is 5. The van der Waals surface area contributed by atoms with Gasteiger partial charge in [-0.1, -0.05) is 24.8 Å². The van der Waals surface area contributed by atoms with E-state index in [1.54, 1.807) is 0 Å². The number of rotatable bonds is 8. The van der Waals surface area contributed by atoms with Crippen molar-refractivity contribution in [3.63, 3.8) is 0 Å². The summed E-state index contributed by atoms with van der Waals surface area (Å²) in [6.07, 6.45) is 6.76. The Labute approximate surface area is 245 Å². The van der Waals surface area contributed by atoms with Gasteiger partial charge in [0.2, 0.25) is 5.95 Å². The van der Waals surface area contributed by atoms with Crippen LogP contribution >= 0.6 is 0 Å². The number of anilines is 2. The van der Waals surface area contributed by atoms with Gasteiger partial charge < -0.3 is 20.3 Å². The molecule has 10 heteroatoms. The lowest BCUT2D eigenvalue weighted by molar-refractivity contribution is 0.0903. The summed E-state index contributed by atoms with van der Waals surface area (Å²) in [4.78, 5) is 13.0. The van der Waals surface area contributed by atoms with Crippen LogP contribution in [0.25, 0.3) is 5.70 Å². The van der Waals surface area contributed by atoms with Crippen LogP contribution in [-0.2, 0) is 29.0 Å². The molecule has 9 nitrogen and oxygen atoms in total. The number of hydrogen-bond donors (Lipinski definition) is 2. The lowest BCUT2D eigenvalue weighted by atomic mass is 9.88. The summed E-state index contributed by atoms with van der Waals surface area (Å²) in [5, 5.41) is 11.7. The molecule has 0 aliphatic carbocycles. The summed E-state index contributed by atoms with van der Waals surface area (Å²) < 4.78 is 20.2. The predicted molar refractivity (Wildman–Crippen MR) is 164 cm³/mol. The fourth-order valence-electron chi connectivity index (χ4n) is 6.32. The third kappa shape index (κ3) is 6.04. The maximum atomic E-state index is 12.8. The third-order valence-electron chi connectivity index (χ3n) is 8.63. The monoisotopic (exact) mass is 575 g/mol. The quantitative estimate of drug-likeness (QED) is 0.406. The Hall–Kier alpha value is -3.24. The fraction of sp³-hybridized carbons (Fsp3) is 0.516. The standard InChI is InChI=1S/C31H41N7O2S/c1-20(32-21(2)27-19-37(4)36-22(27)3)24-6-5-7-25(18-24)23-8-13-38(14-9-23)31-34-28-12-17-41(39)29(28)30(35-31)33-26-10-15-40-16-11-26/h5-7,18-19,21,23,26,32H,1,8-17H2,2-4H3,(H,33,34,35). The highest BCUT2D eigenvalue weighted by molar-refractivity contribution is 7.85. The molecule has 0 amide bonds. The lowest BCUT2D eigenvalue weighted by Crippen LogP contribution is -2.35. The van der Waals surface area contributed by atoms with E-state index < -0.39 is 10.8 Å². The number of nitrogens with one attached hydrogen (secondary N) is 2. The van der Waals surface area contributed by atoms with E-state index in [0.29, 0.717) is 17.7 Å². The zero-order valence-corrected chi connectivity index (χ0v) is 25.2. The van der Waals surface area contributed by atoms with Gasteiger partial charge in [-0.25, -0.2) is 4.98 Å². The summed E-state index contributed by atoms with van der Waals surface area (Å²) in [7, 11) is 0.920. The SMILES string of the molecule is C=C(NC(C)c1cn(C)nc1C)c1cccc(C2CCN(c3nc4c(c(NC5CCOCC5)n3)S(=O)CC4)CC2)c1. The van der Waals surface area contributed by atoms with Crippen molar-refractivity contribution in [2.75, 3.05) is 42.3 Å². The summed E-state index contributed by atoms with van der Waals surface area (Å²) in [6, 6.07) is 9.22. The molecule has 0 radical (unpaired) electrons. The Bertz CT molecular complexity index is 1440. The molecule has 2 atom stereocenters. The average molecular weight is 576 g/mol. The van der Waals surface area contributed by atoms with Crippen molar-refractivity contribution < 1.29 is 8.95 Å². The minimum atomic E-state index is -1.03. The van der Waals surface area contributed by atoms with E-state index in [0.717, 1.165) is 97.7 Å². The highest BCUT2D eigenvalue weighted by Gasteiger charge is 2.30. The molecule has 218 valence electrons. The van der Waals surface area contributed by atoms with Gasteiger partial charge in [0.25, 0.3) is 0 Å². The molecule has 0 saturated carbocycles. The van der Waals surface area contributed by atoms with E-state index in [-0.39, 0.29) is 6.04 Å². The second kappa shape index (κ2) is 11.9. The largest absolute Gasteiger partial charge is 0.381 e. The number of piperidine rings is 1. The second-order valence-corrected chi connectivity index (χ2v) is 13.1. The Morgan fingerprint density at radius 3 is 2.68 bits per heavy atom. The molecular formula is C31H41N7O2S. The predicted octanol–water partition coefficient (Wildman–Crippen LogP) is 4.48. The third-order valence-corrected chi connectivity index (χ3v) is 10.1. The Balaban J connectivity index is 1.12. The van der Waals surface area contributed by atoms with Gasteiger partial charge in [0, 0.05) is 69.0 Å². The van der Waals surface area contributed by atoms with Gasteiger partial charge in [-0.2, -0.15) is 10.1 Å². The number of benzene rings is 1. The first-order valence-electron chi connectivity index (χ1n) is 14.8. The van der Waals surface area contributed by atoms with Crippen molar-refractivity contribution in [2.24, 2.45) is 7.05 Å². The van der Waals surface area contributed by atoms with Crippen LogP contribution < -0.4 is 15.5 Å². The number of ether oxygens (including phenoxy) is 1. The molecule has 3 aliphatic heterocycles.